The maximum atomic E-state index is 13.0. The molecule has 0 saturated carbocycles. The third-order valence-electron chi connectivity index (χ3n) is 8.66. The second kappa shape index (κ2) is 11.0. The van der Waals surface area contributed by atoms with Gasteiger partial charge in [-0.25, -0.2) is 4.79 Å². The first kappa shape index (κ1) is 27.8. The summed E-state index contributed by atoms with van der Waals surface area (Å²) in [6.07, 6.45) is 2.12. The first-order valence-corrected chi connectivity index (χ1v) is 13.9. The van der Waals surface area contributed by atoms with E-state index in [0.29, 0.717) is 42.7 Å². The molecule has 0 radical (unpaired) electrons. The van der Waals surface area contributed by atoms with Crippen LogP contribution in [0.5, 0.6) is 17.2 Å². The lowest BCUT2D eigenvalue weighted by Gasteiger charge is -2.53. The van der Waals surface area contributed by atoms with Crippen LogP contribution in [0.4, 0.5) is 4.79 Å². The number of fused-ring (bicyclic) bond motifs is 2. The lowest BCUT2D eigenvalue weighted by molar-refractivity contribution is -0.975. The van der Waals surface area contributed by atoms with Gasteiger partial charge in [0.15, 0.2) is 11.5 Å². The summed E-state index contributed by atoms with van der Waals surface area (Å²) >= 11 is 0. The minimum absolute atomic E-state index is 0.0355. The molecular formula is C30H39N4O6+. The SMILES string of the molecule is COc1ccc2ccc(=O)n(CC[N+]3(C(C)(C)C)CCC(N(Cc4cc5c(cn4)OCCO5)C(=O)O)CC3)c2c1. The van der Waals surface area contributed by atoms with E-state index in [9.17, 15) is 14.7 Å². The number of hydrogen-bond donors (Lipinski definition) is 1. The molecule has 0 atom stereocenters. The normalized spacial score (nSPS) is 20.8. The Balaban J connectivity index is 1.33. The molecule has 3 aromatic rings. The topological polar surface area (TPSA) is 103 Å². The fourth-order valence-corrected chi connectivity index (χ4v) is 6.11. The second-order valence-electron chi connectivity index (χ2n) is 11.7. The van der Waals surface area contributed by atoms with Gasteiger partial charge in [0.05, 0.1) is 62.8 Å². The van der Waals surface area contributed by atoms with Crippen molar-refractivity contribution in [2.75, 3.05) is 40.0 Å². The summed E-state index contributed by atoms with van der Waals surface area (Å²) < 4.78 is 19.3. The number of likely N-dealkylation sites (tertiary alicyclic amines) is 1. The molecule has 2 aliphatic heterocycles. The van der Waals surface area contributed by atoms with Gasteiger partial charge in [-0.3, -0.25) is 14.7 Å². The molecule has 214 valence electrons. The molecule has 1 saturated heterocycles. The smallest absolute Gasteiger partial charge is 0.407 e. The van der Waals surface area contributed by atoms with Crippen molar-refractivity contribution < 1.29 is 28.6 Å². The average Bonchev–Trinajstić information content (AvgIpc) is 2.94. The Labute approximate surface area is 234 Å². The number of aromatic nitrogens is 2. The van der Waals surface area contributed by atoms with Crippen LogP contribution in [0.3, 0.4) is 0 Å². The van der Waals surface area contributed by atoms with E-state index in [1.165, 1.54) is 4.90 Å². The van der Waals surface area contributed by atoms with Crippen LogP contribution in [-0.2, 0) is 13.1 Å². The van der Waals surface area contributed by atoms with Crippen LogP contribution in [-0.4, -0.2) is 81.7 Å². The number of piperidine rings is 1. The zero-order chi connectivity index (χ0) is 28.5. The Morgan fingerprint density at radius 1 is 1.12 bits per heavy atom. The number of ether oxygens (including phenoxy) is 3. The predicted octanol–water partition coefficient (Wildman–Crippen LogP) is 4.13. The highest BCUT2D eigenvalue weighted by atomic mass is 16.6. The molecule has 0 spiro atoms. The van der Waals surface area contributed by atoms with E-state index >= 15 is 0 Å². The van der Waals surface area contributed by atoms with E-state index in [4.69, 9.17) is 14.2 Å². The number of pyridine rings is 2. The van der Waals surface area contributed by atoms with Crippen molar-refractivity contribution in [1.82, 2.24) is 14.5 Å². The number of nitrogens with zero attached hydrogens (tertiary/aromatic N) is 4. The number of carbonyl (C=O) groups is 1. The zero-order valence-electron chi connectivity index (χ0n) is 23.8. The molecule has 2 aromatic heterocycles. The highest BCUT2D eigenvalue weighted by Gasteiger charge is 2.45. The van der Waals surface area contributed by atoms with Gasteiger partial charge >= 0.3 is 6.09 Å². The molecule has 5 rings (SSSR count). The summed E-state index contributed by atoms with van der Waals surface area (Å²) in [5, 5.41) is 11.1. The molecule has 0 unspecified atom stereocenters. The van der Waals surface area contributed by atoms with Crippen molar-refractivity contribution in [1.29, 1.82) is 0 Å². The molecule has 1 N–H and O–H groups in total. The molecule has 1 amide bonds. The summed E-state index contributed by atoms with van der Waals surface area (Å²) in [7, 11) is 1.63. The van der Waals surface area contributed by atoms with E-state index < -0.39 is 6.09 Å². The van der Waals surface area contributed by atoms with E-state index in [2.05, 4.69) is 25.8 Å². The summed E-state index contributed by atoms with van der Waals surface area (Å²) in [5.41, 5.74) is 1.38. The van der Waals surface area contributed by atoms with Gasteiger partial charge in [0.25, 0.3) is 5.56 Å². The van der Waals surface area contributed by atoms with Gasteiger partial charge in [0.1, 0.15) is 19.0 Å². The number of hydrogen-bond acceptors (Lipinski definition) is 6. The standard InChI is InChI=1S/C30H38N4O6/c1-30(2,3)34(14-11-32-25-18-24(38-4)7-5-21(25)6-8-28(32)35)12-9-23(10-13-34)33(29(36)37)20-22-17-26-27(19-31-22)40-16-15-39-26/h5-8,17-19,23H,9-16,20H2,1-4H3/p+1. The zero-order valence-corrected chi connectivity index (χ0v) is 23.8. The molecule has 1 aromatic carbocycles. The third-order valence-corrected chi connectivity index (χ3v) is 8.66. The number of benzene rings is 1. The predicted molar refractivity (Wildman–Crippen MR) is 151 cm³/mol. The summed E-state index contributed by atoms with van der Waals surface area (Å²) in [4.78, 5) is 31.3. The molecular weight excluding hydrogens is 512 g/mol. The molecule has 2 aliphatic rings. The van der Waals surface area contributed by atoms with Gasteiger partial charge < -0.3 is 28.4 Å². The molecule has 40 heavy (non-hydrogen) atoms. The second-order valence-corrected chi connectivity index (χ2v) is 11.7. The van der Waals surface area contributed by atoms with Crippen molar-refractivity contribution in [2.45, 2.75) is 58.3 Å². The number of rotatable bonds is 7. The molecule has 10 heteroatoms. The van der Waals surface area contributed by atoms with Crippen molar-refractivity contribution in [3.8, 4) is 17.2 Å². The Bertz CT molecular complexity index is 1440. The van der Waals surface area contributed by atoms with Crippen LogP contribution < -0.4 is 19.8 Å². The number of quaternary nitrogens is 1. The third kappa shape index (κ3) is 5.45. The molecule has 1 fully saturated rings. The van der Waals surface area contributed by atoms with E-state index in [0.717, 1.165) is 47.9 Å². The summed E-state index contributed by atoms with van der Waals surface area (Å²) in [5.74, 6) is 1.91. The maximum absolute atomic E-state index is 13.0. The van der Waals surface area contributed by atoms with Crippen molar-refractivity contribution in [3.05, 3.63) is 58.6 Å². The number of amides is 1. The van der Waals surface area contributed by atoms with Crippen LogP contribution in [0.25, 0.3) is 10.9 Å². The highest BCUT2D eigenvalue weighted by molar-refractivity contribution is 5.80. The van der Waals surface area contributed by atoms with Gasteiger partial charge in [-0.1, -0.05) is 0 Å². The number of carboxylic acid groups (broad SMARTS) is 1. The van der Waals surface area contributed by atoms with Crippen LogP contribution in [0.15, 0.2) is 47.4 Å². The van der Waals surface area contributed by atoms with Crippen LogP contribution in [0.1, 0.15) is 39.3 Å². The summed E-state index contributed by atoms with van der Waals surface area (Å²) in [6, 6.07) is 10.9. The first-order chi connectivity index (χ1) is 19.1. The minimum atomic E-state index is -0.950. The molecule has 0 aliphatic carbocycles. The fourth-order valence-electron chi connectivity index (χ4n) is 6.11. The Morgan fingerprint density at radius 3 is 2.50 bits per heavy atom. The quantitative estimate of drug-likeness (QED) is 0.441. The van der Waals surface area contributed by atoms with E-state index in [1.54, 1.807) is 25.4 Å². The Morgan fingerprint density at radius 2 is 1.82 bits per heavy atom. The highest BCUT2D eigenvalue weighted by Crippen LogP contribution is 2.34. The lowest BCUT2D eigenvalue weighted by Crippen LogP contribution is -2.66. The Hall–Kier alpha value is -3.79. The van der Waals surface area contributed by atoms with Gasteiger partial charge in [-0.05, 0) is 44.4 Å². The van der Waals surface area contributed by atoms with Crippen molar-refractivity contribution in [3.63, 3.8) is 0 Å². The van der Waals surface area contributed by atoms with Crippen LogP contribution >= 0.6 is 0 Å². The summed E-state index contributed by atoms with van der Waals surface area (Å²) in [6.45, 7) is 10.8. The van der Waals surface area contributed by atoms with Crippen molar-refractivity contribution in [2.24, 2.45) is 0 Å². The van der Waals surface area contributed by atoms with Gasteiger partial charge in [0, 0.05) is 37.1 Å². The largest absolute Gasteiger partial charge is 0.497 e. The van der Waals surface area contributed by atoms with Gasteiger partial charge in [0.2, 0.25) is 0 Å². The minimum Gasteiger partial charge on any atom is -0.497 e. The first-order valence-electron chi connectivity index (χ1n) is 13.9. The molecule has 0 bridgehead atoms. The van der Waals surface area contributed by atoms with Gasteiger partial charge in [-0.2, -0.15) is 0 Å². The average molecular weight is 552 g/mol. The lowest BCUT2D eigenvalue weighted by atomic mass is 9.92. The monoisotopic (exact) mass is 551 g/mol. The van der Waals surface area contributed by atoms with Crippen LogP contribution in [0.2, 0.25) is 0 Å². The fraction of sp³-hybridized carbons (Fsp3) is 0.500. The van der Waals surface area contributed by atoms with Crippen LogP contribution in [0, 0.1) is 0 Å². The number of methoxy groups -OCH3 is 1. The van der Waals surface area contributed by atoms with Crippen molar-refractivity contribution >= 4 is 17.0 Å². The van der Waals surface area contributed by atoms with Gasteiger partial charge in [-0.15, -0.1) is 0 Å². The molecule has 4 heterocycles. The maximum Gasteiger partial charge on any atom is 0.407 e. The van der Waals surface area contributed by atoms with E-state index in [-0.39, 0.29) is 23.7 Å². The molecule has 10 nitrogen and oxygen atoms in total. The van der Waals surface area contributed by atoms with E-state index in [1.807, 2.05) is 28.8 Å². The Kier molecular flexibility index (Phi) is 7.63.